The molecule has 6 atom stereocenters. The van der Waals surface area contributed by atoms with Crippen molar-refractivity contribution in [2.45, 2.75) is 83.5 Å². The van der Waals surface area contributed by atoms with Crippen molar-refractivity contribution in [2.75, 3.05) is 18.9 Å². The summed E-state index contributed by atoms with van der Waals surface area (Å²) in [7, 11) is -4.00. The van der Waals surface area contributed by atoms with E-state index in [2.05, 4.69) is 23.9 Å². The quantitative estimate of drug-likeness (QED) is 0.315. The maximum atomic E-state index is 13.2. The maximum absolute atomic E-state index is 13.2. The predicted octanol–water partition coefficient (Wildman–Crippen LogP) is 1.74. The largest absolute Gasteiger partial charge is 0.464 e. The van der Waals surface area contributed by atoms with Crippen LogP contribution in [-0.2, 0) is 27.9 Å². The fourth-order valence-electron chi connectivity index (χ4n) is 4.31. The van der Waals surface area contributed by atoms with Gasteiger partial charge in [0, 0.05) is 6.20 Å². The molecular formula is C21H35N4O8P. The molecule has 4 N–H and O–H groups in total. The van der Waals surface area contributed by atoms with Crippen molar-refractivity contribution < 1.29 is 33.0 Å². The van der Waals surface area contributed by atoms with Gasteiger partial charge in [0.05, 0.1) is 13.2 Å². The van der Waals surface area contributed by atoms with Crippen LogP contribution in [-0.4, -0.2) is 57.7 Å². The predicted molar refractivity (Wildman–Crippen MR) is 123 cm³/mol. The molecule has 0 saturated carbocycles. The Morgan fingerprint density at radius 1 is 1.44 bits per heavy atom. The van der Waals surface area contributed by atoms with Gasteiger partial charge in [0.15, 0.2) is 6.23 Å². The van der Waals surface area contributed by atoms with Crippen LogP contribution in [0.5, 0.6) is 0 Å². The zero-order chi connectivity index (χ0) is 25.1. The Bertz CT molecular complexity index is 964. The summed E-state index contributed by atoms with van der Waals surface area (Å²) in [4.78, 5) is 28.4. The van der Waals surface area contributed by atoms with E-state index in [4.69, 9.17) is 24.3 Å². The van der Waals surface area contributed by atoms with Crippen LogP contribution in [0.1, 0.15) is 59.6 Å². The van der Waals surface area contributed by atoms with Crippen LogP contribution in [0.4, 0.5) is 5.82 Å². The third kappa shape index (κ3) is 5.87. The fraction of sp³-hybridized carbons (Fsp3) is 0.762. The Morgan fingerprint density at radius 3 is 2.74 bits per heavy atom. The number of nitrogens with zero attached hydrogens (tertiary/aromatic N) is 2. The van der Waals surface area contributed by atoms with E-state index < -0.39 is 49.5 Å². The number of carbonyl (C=O) groups excluding carboxylic acids is 1. The van der Waals surface area contributed by atoms with Gasteiger partial charge in [0.1, 0.15) is 29.7 Å². The molecule has 0 spiro atoms. The highest BCUT2D eigenvalue weighted by Crippen LogP contribution is 2.55. The van der Waals surface area contributed by atoms with Gasteiger partial charge in [-0.25, -0.2) is 14.4 Å². The first-order valence-corrected chi connectivity index (χ1v) is 13.1. The van der Waals surface area contributed by atoms with E-state index in [-0.39, 0.29) is 24.9 Å². The van der Waals surface area contributed by atoms with Crippen molar-refractivity contribution in [3.63, 3.8) is 0 Å². The first-order chi connectivity index (χ1) is 16.0. The molecule has 34 heavy (non-hydrogen) atoms. The van der Waals surface area contributed by atoms with Gasteiger partial charge in [-0.15, -0.1) is 0 Å². The van der Waals surface area contributed by atoms with E-state index in [9.17, 15) is 19.3 Å². The number of nitrogens with two attached hydrogens (primary N) is 1. The fourth-order valence-corrected chi connectivity index (χ4v) is 6.07. The number of esters is 1. The maximum Gasteiger partial charge on any atom is 0.406 e. The number of hydrogen-bond donors (Lipinski definition) is 3. The smallest absolute Gasteiger partial charge is 0.406 e. The number of fused-ring (bicyclic) bond motifs is 1. The zero-order valence-electron chi connectivity index (χ0n) is 20.0. The minimum absolute atomic E-state index is 0.0289. The lowest BCUT2D eigenvalue weighted by atomic mass is 9.96. The van der Waals surface area contributed by atoms with Crippen molar-refractivity contribution in [1.29, 1.82) is 0 Å². The molecule has 0 amide bonds. The summed E-state index contributed by atoms with van der Waals surface area (Å²) in [6.07, 6.45) is 2.18. The average Bonchev–Trinajstić information content (AvgIpc) is 3.01. The van der Waals surface area contributed by atoms with E-state index >= 15 is 0 Å². The summed E-state index contributed by atoms with van der Waals surface area (Å²) >= 11 is 0. The number of nitrogens with one attached hydrogen (secondary N) is 1. The highest BCUT2D eigenvalue weighted by atomic mass is 31.2. The van der Waals surface area contributed by atoms with Crippen LogP contribution in [0, 0.1) is 5.92 Å². The van der Waals surface area contributed by atoms with Crippen molar-refractivity contribution in [2.24, 2.45) is 5.92 Å². The van der Waals surface area contributed by atoms with Crippen molar-refractivity contribution >= 4 is 19.5 Å². The Kier molecular flexibility index (Phi) is 8.54. The molecule has 12 nitrogen and oxygen atoms in total. The number of hydrogen-bond acceptors (Lipinski definition) is 10. The van der Waals surface area contributed by atoms with E-state index in [0.29, 0.717) is 0 Å². The number of ether oxygens (including phenoxy) is 2. The van der Waals surface area contributed by atoms with Gasteiger partial charge in [-0.1, -0.05) is 26.7 Å². The Hall–Kier alpha value is -1.82. The second-order valence-electron chi connectivity index (χ2n) is 9.04. The SMILES string of the molecule is CCCC(CCC)COC(=O)[C@H](C)N[P@@]1(=O)OC[C@H]2O[C@@H](n3ccc(N)nc3=O)[C@](C)(O)[C@@H]2O1. The number of aromatic nitrogens is 2. The van der Waals surface area contributed by atoms with Gasteiger partial charge in [0.2, 0.25) is 0 Å². The lowest BCUT2D eigenvalue weighted by Crippen LogP contribution is -2.50. The van der Waals surface area contributed by atoms with Gasteiger partial charge < -0.3 is 20.3 Å². The third-order valence-electron chi connectivity index (χ3n) is 6.04. The minimum atomic E-state index is -4.00. The molecule has 192 valence electrons. The molecule has 3 heterocycles. The molecule has 0 bridgehead atoms. The molecule has 0 aromatic carbocycles. The standard InChI is InChI=1S/C21H35N4O8P/c1-5-7-14(8-6-2)11-30-18(26)13(3)24-34(29)31-12-15-17(33-34)21(4,28)19(32-15)25-10-9-16(22)23-20(25)27/h9-10,13-15,17,19,28H,5-8,11-12H2,1-4H3,(H,24,29)(H2,22,23,27)/t13-,15+,17+,19+,21+,34+/m0/s1. The molecule has 0 unspecified atom stereocenters. The summed E-state index contributed by atoms with van der Waals surface area (Å²) < 4.78 is 36.6. The lowest BCUT2D eigenvalue weighted by Gasteiger charge is -2.36. The second-order valence-corrected chi connectivity index (χ2v) is 10.8. The monoisotopic (exact) mass is 502 g/mol. The third-order valence-corrected chi connectivity index (χ3v) is 7.74. The first-order valence-electron chi connectivity index (χ1n) is 11.6. The second kappa shape index (κ2) is 10.8. The molecule has 1 aromatic heterocycles. The average molecular weight is 503 g/mol. The van der Waals surface area contributed by atoms with Crippen molar-refractivity contribution in [1.82, 2.24) is 14.6 Å². The molecule has 13 heteroatoms. The molecule has 2 aliphatic rings. The summed E-state index contributed by atoms with van der Waals surface area (Å²) in [5.74, 6) is -0.270. The zero-order valence-corrected chi connectivity index (χ0v) is 20.9. The molecule has 2 fully saturated rings. The summed E-state index contributed by atoms with van der Waals surface area (Å²) in [6.45, 7) is 7.17. The molecule has 2 aliphatic heterocycles. The van der Waals surface area contributed by atoms with Crippen LogP contribution in [0.25, 0.3) is 0 Å². The molecular weight excluding hydrogens is 467 g/mol. The van der Waals surface area contributed by atoms with Gasteiger partial charge in [0.25, 0.3) is 0 Å². The number of nitrogen functional groups attached to an aromatic ring is 1. The van der Waals surface area contributed by atoms with Gasteiger partial charge in [-0.05, 0) is 38.7 Å². The van der Waals surface area contributed by atoms with E-state index in [1.807, 2.05) is 0 Å². The van der Waals surface area contributed by atoms with E-state index in [1.165, 1.54) is 26.1 Å². The normalized spacial score (nSPS) is 31.9. The molecule has 2 saturated heterocycles. The topological polar surface area (TPSA) is 164 Å². The summed E-state index contributed by atoms with van der Waals surface area (Å²) in [5, 5.41) is 13.7. The van der Waals surface area contributed by atoms with Crippen LogP contribution in [0.2, 0.25) is 0 Å². The number of anilines is 1. The number of rotatable bonds is 10. The Balaban J connectivity index is 1.65. The molecule has 3 rings (SSSR count). The Morgan fingerprint density at radius 2 is 2.12 bits per heavy atom. The summed E-state index contributed by atoms with van der Waals surface area (Å²) in [6, 6.07) is 0.421. The van der Waals surface area contributed by atoms with Crippen LogP contribution in [0.3, 0.4) is 0 Å². The number of aliphatic hydroxyl groups is 1. The first kappa shape index (κ1) is 26.8. The van der Waals surface area contributed by atoms with Crippen molar-refractivity contribution in [3.05, 3.63) is 22.7 Å². The summed E-state index contributed by atoms with van der Waals surface area (Å²) in [5.41, 5.74) is 3.05. The highest BCUT2D eigenvalue weighted by Gasteiger charge is 2.60. The van der Waals surface area contributed by atoms with E-state index in [1.54, 1.807) is 0 Å². The lowest BCUT2D eigenvalue weighted by molar-refractivity contribution is -0.147. The highest BCUT2D eigenvalue weighted by molar-refractivity contribution is 7.51. The van der Waals surface area contributed by atoms with E-state index in [0.717, 1.165) is 30.3 Å². The van der Waals surface area contributed by atoms with Gasteiger partial charge in [-0.2, -0.15) is 4.98 Å². The Labute approximate surface area is 198 Å². The molecule has 0 aliphatic carbocycles. The van der Waals surface area contributed by atoms with Crippen molar-refractivity contribution in [3.8, 4) is 0 Å². The molecule has 1 aromatic rings. The number of carbonyl (C=O) groups is 1. The van der Waals surface area contributed by atoms with Crippen LogP contribution < -0.4 is 16.5 Å². The van der Waals surface area contributed by atoms with Gasteiger partial charge in [-0.3, -0.25) is 18.4 Å². The van der Waals surface area contributed by atoms with Crippen LogP contribution >= 0.6 is 7.75 Å². The van der Waals surface area contributed by atoms with Crippen LogP contribution in [0.15, 0.2) is 17.1 Å². The minimum Gasteiger partial charge on any atom is -0.464 e. The molecule has 0 radical (unpaired) electrons. The van der Waals surface area contributed by atoms with Gasteiger partial charge >= 0.3 is 19.4 Å².